The summed E-state index contributed by atoms with van der Waals surface area (Å²) in [6.45, 7) is 4.44. The maximum atomic E-state index is 8.99. The van der Waals surface area contributed by atoms with Crippen LogP contribution in [0, 0.1) is 0 Å². The highest BCUT2D eigenvalue weighted by Crippen LogP contribution is 2.32. The van der Waals surface area contributed by atoms with Crippen molar-refractivity contribution in [2.75, 3.05) is 20.3 Å². The van der Waals surface area contributed by atoms with Gasteiger partial charge >= 0.3 is 0 Å². The Labute approximate surface area is 96.3 Å². The molecule has 1 aromatic carbocycles. The summed E-state index contributed by atoms with van der Waals surface area (Å²) in [5.74, 6) is 1.43. The zero-order chi connectivity index (χ0) is 12.0. The molecule has 0 spiro atoms. The van der Waals surface area contributed by atoms with Gasteiger partial charge in [0.1, 0.15) is 0 Å². The lowest BCUT2D eigenvalue weighted by Crippen LogP contribution is -1.97. The van der Waals surface area contributed by atoms with Crippen molar-refractivity contribution in [2.24, 2.45) is 0 Å². The van der Waals surface area contributed by atoms with Crippen LogP contribution in [0.25, 0.3) is 6.08 Å². The molecular formula is C13H18O3. The molecule has 0 unspecified atom stereocenters. The summed E-state index contributed by atoms with van der Waals surface area (Å²) in [7, 11) is 1.61. The maximum absolute atomic E-state index is 8.99. The first kappa shape index (κ1) is 12.6. The van der Waals surface area contributed by atoms with Gasteiger partial charge in [-0.15, -0.1) is 0 Å². The molecule has 1 aromatic rings. The van der Waals surface area contributed by atoms with Crippen molar-refractivity contribution < 1.29 is 14.6 Å². The Morgan fingerprint density at radius 3 is 2.75 bits per heavy atom. The van der Waals surface area contributed by atoms with Gasteiger partial charge in [-0.05, 0) is 31.6 Å². The van der Waals surface area contributed by atoms with E-state index in [9.17, 15) is 0 Å². The van der Waals surface area contributed by atoms with Gasteiger partial charge in [0.05, 0.1) is 20.3 Å². The first-order valence-corrected chi connectivity index (χ1v) is 5.30. The van der Waals surface area contributed by atoms with Gasteiger partial charge in [-0.1, -0.05) is 12.1 Å². The zero-order valence-corrected chi connectivity index (χ0v) is 9.99. The Morgan fingerprint density at radius 1 is 1.44 bits per heavy atom. The number of methoxy groups -OCH3 is 1. The summed E-state index contributed by atoms with van der Waals surface area (Å²) in [4.78, 5) is 0. The molecule has 0 fully saturated rings. The van der Waals surface area contributed by atoms with Crippen molar-refractivity contribution in [1.82, 2.24) is 0 Å². The molecule has 0 aliphatic rings. The van der Waals surface area contributed by atoms with E-state index >= 15 is 0 Å². The monoisotopic (exact) mass is 222 g/mol. The summed E-state index contributed by atoms with van der Waals surface area (Å²) in [6, 6.07) is 5.71. The van der Waals surface area contributed by atoms with E-state index in [1.54, 1.807) is 7.11 Å². The quantitative estimate of drug-likeness (QED) is 0.831. The van der Waals surface area contributed by atoms with Gasteiger partial charge in [-0.3, -0.25) is 0 Å². The molecule has 3 nitrogen and oxygen atoms in total. The van der Waals surface area contributed by atoms with Gasteiger partial charge in [0, 0.05) is 5.56 Å². The second-order valence-electron chi connectivity index (χ2n) is 3.46. The highest BCUT2D eigenvalue weighted by atomic mass is 16.5. The van der Waals surface area contributed by atoms with Gasteiger partial charge < -0.3 is 14.6 Å². The van der Waals surface area contributed by atoms with Crippen LogP contribution in [0.5, 0.6) is 11.5 Å². The van der Waals surface area contributed by atoms with E-state index in [1.165, 1.54) is 0 Å². The molecule has 0 aliphatic carbocycles. The van der Waals surface area contributed by atoms with Crippen LogP contribution in [-0.2, 0) is 0 Å². The van der Waals surface area contributed by atoms with E-state index in [0.717, 1.165) is 16.9 Å². The third-order valence-electron chi connectivity index (χ3n) is 2.16. The summed E-state index contributed by atoms with van der Waals surface area (Å²) in [5, 5.41) is 8.99. The fourth-order valence-corrected chi connectivity index (χ4v) is 1.45. The van der Waals surface area contributed by atoms with Crippen LogP contribution in [0.15, 0.2) is 23.8 Å². The second-order valence-corrected chi connectivity index (χ2v) is 3.46. The van der Waals surface area contributed by atoms with Crippen molar-refractivity contribution in [3.63, 3.8) is 0 Å². The standard InChI is InChI=1S/C13H18O3/c1-4-16-12-7-5-6-11(13(12)15-3)8-10(2)9-14/h5-8,14H,4,9H2,1-3H3. The molecule has 0 aliphatic heterocycles. The van der Waals surface area contributed by atoms with E-state index in [4.69, 9.17) is 14.6 Å². The Kier molecular flexibility index (Phi) is 4.86. The summed E-state index contributed by atoms with van der Waals surface area (Å²) < 4.78 is 10.8. The number of rotatable bonds is 5. The summed E-state index contributed by atoms with van der Waals surface area (Å²) >= 11 is 0. The third-order valence-corrected chi connectivity index (χ3v) is 2.16. The fraction of sp³-hybridized carbons (Fsp3) is 0.385. The van der Waals surface area contributed by atoms with Gasteiger partial charge in [-0.2, -0.15) is 0 Å². The van der Waals surface area contributed by atoms with Crippen LogP contribution in [0.1, 0.15) is 19.4 Å². The van der Waals surface area contributed by atoms with Gasteiger partial charge in [-0.25, -0.2) is 0 Å². The summed E-state index contributed by atoms with van der Waals surface area (Å²) in [6.07, 6.45) is 1.89. The molecule has 0 bridgehead atoms. The van der Waals surface area contributed by atoms with Crippen LogP contribution in [-0.4, -0.2) is 25.4 Å². The highest BCUT2D eigenvalue weighted by molar-refractivity contribution is 5.64. The van der Waals surface area contributed by atoms with Crippen molar-refractivity contribution in [1.29, 1.82) is 0 Å². The van der Waals surface area contributed by atoms with Crippen LogP contribution in [0.4, 0.5) is 0 Å². The smallest absolute Gasteiger partial charge is 0.167 e. The van der Waals surface area contributed by atoms with E-state index in [2.05, 4.69) is 0 Å². The molecule has 88 valence electrons. The van der Waals surface area contributed by atoms with E-state index in [1.807, 2.05) is 38.1 Å². The maximum Gasteiger partial charge on any atom is 0.167 e. The average molecular weight is 222 g/mol. The predicted molar refractivity (Wildman–Crippen MR) is 64.9 cm³/mol. The molecule has 0 radical (unpaired) electrons. The minimum atomic E-state index is 0.0437. The first-order chi connectivity index (χ1) is 7.72. The highest BCUT2D eigenvalue weighted by Gasteiger charge is 2.07. The van der Waals surface area contributed by atoms with Crippen molar-refractivity contribution in [3.8, 4) is 11.5 Å². The number of ether oxygens (including phenoxy) is 2. The fourth-order valence-electron chi connectivity index (χ4n) is 1.45. The Balaban J connectivity index is 3.13. The molecule has 16 heavy (non-hydrogen) atoms. The Bertz CT molecular complexity index is 369. The number of para-hydroxylation sites is 1. The molecule has 1 rings (SSSR count). The zero-order valence-electron chi connectivity index (χ0n) is 9.99. The van der Waals surface area contributed by atoms with Crippen molar-refractivity contribution >= 4 is 6.08 Å². The first-order valence-electron chi connectivity index (χ1n) is 5.30. The average Bonchev–Trinajstić information content (AvgIpc) is 2.29. The number of hydrogen-bond acceptors (Lipinski definition) is 3. The van der Waals surface area contributed by atoms with Gasteiger partial charge in [0.2, 0.25) is 0 Å². The molecule has 0 atom stereocenters. The molecule has 1 N–H and O–H groups in total. The third kappa shape index (κ3) is 3.00. The lowest BCUT2D eigenvalue weighted by molar-refractivity contribution is 0.310. The van der Waals surface area contributed by atoms with Gasteiger partial charge in [0.15, 0.2) is 11.5 Å². The van der Waals surface area contributed by atoms with Crippen LogP contribution >= 0.6 is 0 Å². The minimum Gasteiger partial charge on any atom is -0.492 e. The molecule has 0 heterocycles. The number of benzene rings is 1. The lowest BCUT2D eigenvalue weighted by atomic mass is 10.1. The van der Waals surface area contributed by atoms with E-state index < -0.39 is 0 Å². The minimum absolute atomic E-state index is 0.0437. The van der Waals surface area contributed by atoms with Crippen LogP contribution in [0.3, 0.4) is 0 Å². The number of aliphatic hydroxyl groups excluding tert-OH is 1. The largest absolute Gasteiger partial charge is 0.492 e. The Morgan fingerprint density at radius 2 is 2.19 bits per heavy atom. The Hall–Kier alpha value is -1.48. The van der Waals surface area contributed by atoms with Crippen molar-refractivity contribution in [3.05, 3.63) is 29.3 Å². The van der Waals surface area contributed by atoms with E-state index in [0.29, 0.717) is 12.4 Å². The summed E-state index contributed by atoms with van der Waals surface area (Å²) in [5.41, 5.74) is 1.80. The topological polar surface area (TPSA) is 38.7 Å². The molecule has 0 saturated carbocycles. The second kappa shape index (κ2) is 6.18. The molecule has 0 aromatic heterocycles. The SMILES string of the molecule is CCOc1cccc(C=C(C)CO)c1OC. The molecule has 3 heteroatoms. The van der Waals surface area contributed by atoms with Crippen LogP contribution in [0.2, 0.25) is 0 Å². The number of aliphatic hydroxyl groups is 1. The van der Waals surface area contributed by atoms with Crippen LogP contribution < -0.4 is 9.47 Å². The number of hydrogen-bond donors (Lipinski definition) is 1. The van der Waals surface area contributed by atoms with Crippen molar-refractivity contribution in [2.45, 2.75) is 13.8 Å². The molecular weight excluding hydrogens is 204 g/mol. The van der Waals surface area contributed by atoms with E-state index in [-0.39, 0.29) is 6.61 Å². The molecule has 0 amide bonds. The normalized spacial score (nSPS) is 11.4. The predicted octanol–water partition coefficient (Wildman–Crippen LogP) is 2.49. The lowest BCUT2D eigenvalue weighted by Gasteiger charge is -2.11. The van der Waals surface area contributed by atoms with Gasteiger partial charge in [0.25, 0.3) is 0 Å². The molecule has 0 saturated heterocycles.